The summed E-state index contributed by atoms with van der Waals surface area (Å²) in [6, 6.07) is 6.86. The van der Waals surface area contributed by atoms with Gasteiger partial charge in [0, 0.05) is 42.9 Å². The summed E-state index contributed by atoms with van der Waals surface area (Å²) in [6.07, 6.45) is 5.05. The number of aromatic nitrogens is 3. The first-order valence-corrected chi connectivity index (χ1v) is 8.64. The van der Waals surface area contributed by atoms with Crippen molar-refractivity contribution < 1.29 is 8.78 Å². The zero-order chi connectivity index (χ0) is 17.1. The van der Waals surface area contributed by atoms with Gasteiger partial charge < -0.3 is 0 Å². The zero-order valence-corrected chi connectivity index (χ0v) is 13.9. The predicted molar refractivity (Wildman–Crippen MR) is 89.1 cm³/mol. The highest BCUT2D eigenvalue weighted by Gasteiger charge is 2.41. The van der Waals surface area contributed by atoms with Crippen molar-refractivity contribution in [3.8, 4) is 0 Å². The van der Waals surface area contributed by atoms with Crippen molar-refractivity contribution in [2.24, 2.45) is 0 Å². The smallest absolute Gasteiger partial charge is 0.159 e. The maximum absolute atomic E-state index is 13.5. The van der Waals surface area contributed by atoms with E-state index in [0.717, 1.165) is 36.2 Å². The number of aryl methyl sites for hydroxylation is 1. The number of fused-ring (bicyclic) bond motifs is 6. The monoisotopic (exact) mass is 340 g/mol. The summed E-state index contributed by atoms with van der Waals surface area (Å²) in [5.74, 6) is -1.57. The molecule has 128 valence electrons. The molecular weight excluding hydrogens is 322 g/mol. The SMILES string of the molecule is Cc1cc2ncc3c(n2n1)C[C@@H]1CC[C@H]3N1Cc1ccc(F)c(F)c1. The molecule has 1 saturated heterocycles. The number of hydrogen-bond acceptors (Lipinski definition) is 3. The average Bonchev–Trinajstić information content (AvgIpc) is 3.09. The lowest BCUT2D eigenvalue weighted by atomic mass is 9.98. The topological polar surface area (TPSA) is 33.4 Å². The van der Waals surface area contributed by atoms with E-state index in [9.17, 15) is 8.78 Å². The van der Waals surface area contributed by atoms with Gasteiger partial charge in [-0.15, -0.1) is 0 Å². The Hall–Kier alpha value is -2.34. The summed E-state index contributed by atoms with van der Waals surface area (Å²) in [5.41, 5.74) is 5.13. The highest BCUT2D eigenvalue weighted by atomic mass is 19.2. The lowest BCUT2D eigenvalue weighted by molar-refractivity contribution is 0.165. The highest BCUT2D eigenvalue weighted by Crippen LogP contribution is 2.44. The van der Waals surface area contributed by atoms with Crippen molar-refractivity contribution in [3.05, 3.63) is 64.6 Å². The van der Waals surface area contributed by atoms with Gasteiger partial charge in [-0.05, 0) is 37.5 Å². The second kappa shape index (κ2) is 5.33. The minimum Gasteiger partial charge on any atom is -0.289 e. The van der Waals surface area contributed by atoms with Crippen LogP contribution >= 0.6 is 0 Å². The van der Waals surface area contributed by atoms with E-state index in [1.54, 1.807) is 6.07 Å². The molecule has 0 spiro atoms. The zero-order valence-electron chi connectivity index (χ0n) is 13.9. The lowest BCUT2D eigenvalue weighted by Gasteiger charge is -2.36. The van der Waals surface area contributed by atoms with Gasteiger partial charge in [-0.3, -0.25) is 4.90 Å². The summed E-state index contributed by atoms with van der Waals surface area (Å²) in [5, 5.41) is 4.60. The average molecular weight is 340 g/mol. The van der Waals surface area contributed by atoms with Crippen molar-refractivity contribution in [3.63, 3.8) is 0 Å². The minimum atomic E-state index is -0.795. The molecule has 25 heavy (non-hydrogen) atoms. The quantitative estimate of drug-likeness (QED) is 0.715. The van der Waals surface area contributed by atoms with Gasteiger partial charge >= 0.3 is 0 Å². The Morgan fingerprint density at radius 2 is 2.04 bits per heavy atom. The van der Waals surface area contributed by atoms with E-state index >= 15 is 0 Å². The van der Waals surface area contributed by atoms with Gasteiger partial charge in [0.25, 0.3) is 0 Å². The molecule has 4 heterocycles. The fourth-order valence-corrected chi connectivity index (χ4v) is 4.39. The van der Waals surface area contributed by atoms with Gasteiger partial charge in [-0.25, -0.2) is 18.3 Å². The molecule has 2 bridgehead atoms. The maximum atomic E-state index is 13.5. The fraction of sp³-hybridized carbons (Fsp3) is 0.368. The van der Waals surface area contributed by atoms with E-state index in [-0.39, 0.29) is 6.04 Å². The number of rotatable bonds is 2. The van der Waals surface area contributed by atoms with Crippen molar-refractivity contribution >= 4 is 5.65 Å². The third-order valence-electron chi connectivity index (χ3n) is 5.52. The Morgan fingerprint density at radius 3 is 2.88 bits per heavy atom. The van der Waals surface area contributed by atoms with Crippen LogP contribution in [0.25, 0.3) is 5.65 Å². The molecule has 2 aliphatic heterocycles. The molecule has 1 aromatic carbocycles. The minimum absolute atomic E-state index is 0.267. The van der Waals surface area contributed by atoms with E-state index in [2.05, 4.69) is 15.0 Å². The molecule has 0 unspecified atom stereocenters. The molecule has 2 atom stereocenters. The van der Waals surface area contributed by atoms with Crippen molar-refractivity contribution in [2.75, 3.05) is 0 Å². The van der Waals surface area contributed by atoms with Gasteiger partial charge in [-0.2, -0.15) is 5.10 Å². The van der Waals surface area contributed by atoms with Gasteiger partial charge in [-0.1, -0.05) is 6.07 Å². The van der Waals surface area contributed by atoms with Crippen LogP contribution in [0.2, 0.25) is 0 Å². The van der Waals surface area contributed by atoms with Crippen LogP contribution in [0.5, 0.6) is 0 Å². The molecule has 4 nitrogen and oxygen atoms in total. The standard InChI is InChI=1S/C19H18F2N4/c1-11-6-19-22-9-14-17-5-3-13(8-18(14)25(19)23-11)24(17)10-12-2-4-15(20)16(21)7-12/h2,4,6-7,9,13,17H,3,5,8,10H2,1H3/t13-,17+/m0/s1. The van der Waals surface area contributed by atoms with Crippen LogP contribution < -0.4 is 0 Å². The van der Waals surface area contributed by atoms with Crippen LogP contribution in [0.15, 0.2) is 30.5 Å². The van der Waals surface area contributed by atoms with Crippen molar-refractivity contribution in [1.29, 1.82) is 0 Å². The summed E-state index contributed by atoms with van der Waals surface area (Å²) >= 11 is 0. The molecule has 0 radical (unpaired) electrons. The third-order valence-corrected chi connectivity index (χ3v) is 5.52. The van der Waals surface area contributed by atoms with Gasteiger partial charge in [0.05, 0.1) is 11.4 Å². The lowest BCUT2D eigenvalue weighted by Crippen LogP contribution is -2.38. The Morgan fingerprint density at radius 1 is 1.16 bits per heavy atom. The number of nitrogens with zero attached hydrogens (tertiary/aromatic N) is 4. The number of halogens is 2. The predicted octanol–water partition coefficient (Wildman–Crippen LogP) is 3.58. The molecule has 0 aliphatic carbocycles. The molecule has 2 aromatic heterocycles. The summed E-state index contributed by atoms with van der Waals surface area (Å²) in [6.45, 7) is 2.61. The summed E-state index contributed by atoms with van der Waals surface area (Å²) in [4.78, 5) is 6.97. The second-order valence-corrected chi connectivity index (χ2v) is 7.09. The fourth-order valence-electron chi connectivity index (χ4n) is 4.39. The molecule has 1 fully saturated rings. The first kappa shape index (κ1) is 15.0. The largest absolute Gasteiger partial charge is 0.289 e. The van der Waals surface area contributed by atoms with Crippen LogP contribution in [0, 0.1) is 18.6 Å². The number of benzene rings is 1. The molecule has 0 saturated carbocycles. The van der Waals surface area contributed by atoms with Gasteiger partial charge in [0.15, 0.2) is 17.3 Å². The van der Waals surface area contributed by atoms with Crippen LogP contribution in [0.1, 0.15) is 41.4 Å². The van der Waals surface area contributed by atoms with Gasteiger partial charge in [0.2, 0.25) is 0 Å². The third kappa shape index (κ3) is 2.28. The Kier molecular flexibility index (Phi) is 3.19. The van der Waals surface area contributed by atoms with E-state index in [1.165, 1.54) is 23.4 Å². The molecule has 3 aromatic rings. The Balaban J connectivity index is 1.52. The van der Waals surface area contributed by atoms with Gasteiger partial charge in [0.1, 0.15) is 0 Å². The van der Waals surface area contributed by atoms with E-state index in [0.29, 0.717) is 12.6 Å². The normalized spacial score (nSPS) is 22.5. The molecule has 0 N–H and O–H groups in total. The second-order valence-electron chi connectivity index (χ2n) is 7.09. The first-order valence-electron chi connectivity index (χ1n) is 8.64. The van der Waals surface area contributed by atoms with Crippen LogP contribution in [0.4, 0.5) is 8.78 Å². The molecule has 2 aliphatic rings. The molecular formula is C19H18F2N4. The molecule has 0 amide bonds. The van der Waals surface area contributed by atoms with E-state index in [1.807, 2.05) is 23.7 Å². The number of hydrogen-bond donors (Lipinski definition) is 0. The van der Waals surface area contributed by atoms with Crippen LogP contribution in [0.3, 0.4) is 0 Å². The van der Waals surface area contributed by atoms with Crippen LogP contribution in [-0.4, -0.2) is 25.5 Å². The van der Waals surface area contributed by atoms with Crippen molar-refractivity contribution in [2.45, 2.75) is 44.8 Å². The van der Waals surface area contributed by atoms with E-state index in [4.69, 9.17) is 0 Å². The first-order chi connectivity index (χ1) is 12.1. The Bertz CT molecular complexity index is 981. The summed E-state index contributed by atoms with van der Waals surface area (Å²) in [7, 11) is 0. The Labute approximate surface area is 144 Å². The molecule has 6 heteroatoms. The molecule has 5 rings (SSSR count). The van der Waals surface area contributed by atoms with Crippen LogP contribution in [-0.2, 0) is 13.0 Å². The highest BCUT2D eigenvalue weighted by molar-refractivity contribution is 5.44. The summed E-state index contributed by atoms with van der Waals surface area (Å²) < 4.78 is 28.7. The van der Waals surface area contributed by atoms with Crippen molar-refractivity contribution in [1.82, 2.24) is 19.5 Å². The van der Waals surface area contributed by atoms with E-state index < -0.39 is 11.6 Å². The maximum Gasteiger partial charge on any atom is 0.159 e.